The Labute approximate surface area is 174 Å². The minimum atomic E-state index is -0.0210. The molecule has 2 N–H and O–H groups in total. The number of rotatable bonds is 10. The highest BCUT2D eigenvalue weighted by molar-refractivity contribution is 5.94. The summed E-state index contributed by atoms with van der Waals surface area (Å²) in [7, 11) is 3.25. The molecular weight excluding hydrogens is 364 g/mol. The summed E-state index contributed by atoms with van der Waals surface area (Å²) >= 11 is 0. The highest BCUT2D eigenvalue weighted by atomic mass is 16.5. The van der Waals surface area contributed by atoms with E-state index in [9.17, 15) is 4.79 Å². The van der Waals surface area contributed by atoms with Crippen LogP contribution in [0.15, 0.2) is 36.4 Å². The predicted octanol–water partition coefficient (Wildman–Crippen LogP) is 4.72. The molecule has 5 heteroatoms. The summed E-state index contributed by atoms with van der Waals surface area (Å²) in [6.07, 6.45) is 0.799. The lowest BCUT2D eigenvalue weighted by Gasteiger charge is -2.20. The van der Waals surface area contributed by atoms with Crippen LogP contribution in [0.25, 0.3) is 0 Å². The van der Waals surface area contributed by atoms with E-state index >= 15 is 0 Å². The smallest absolute Gasteiger partial charge is 0.238 e. The molecule has 0 bridgehead atoms. The van der Waals surface area contributed by atoms with E-state index in [1.807, 2.05) is 18.2 Å². The Morgan fingerprint density at radius 1 is 0.931 bits per heavy atom. The fourth-order valence-corrected chi connectivity index (χ4v) is 3.35. The van der Waals surface area contributed by atoms with E-state index in [2.05, 4.69) is 56.5 Å². The van der Waals surface area contributed by atoms with E-state index in [0.29, 0.717) is 29.9 Å². The number of hydrogen-bond donors (Lipinski definition) is 2. The van der Waals surface area contributed by atoms with Crippen molar-refractivity contribution in [3.05, 3.63) is 53.1 Å². The van der Waals surface area contributed by atoms with Crippen LogP contribution in [0.2, 0.25) is 0 Å². The molecule has 2 aromatic rings. The zero-order chi connectivity index (χ0) is 21.4. The van der Waals surface area contributed by atoms with Crippen LogP contribution >= 0.6 is 0 Å². The van der Waals surface area contributed by atoms with Crippen molar-refractivity contribution < 1.29 is 14.3 Å². The average Bonchev–Trinajstić information content (AvgIpc) is 2.70. The summed E-state index contributed by atoms with van der Waals surface area (Å²) in [6, 6.07) is 12.1. The Morgan fingerprint density at radius 3 is 2.10 bits per heavy atom. The molecular formula is C24H34N2O3. The molecule has 5 nitrogen and oxygen atoms in total. The van der Waals surface area contributed by atoms with Crippen LogP contribution in [0.5, 0.6) is 11.5 Å². The van der Waals surface area contributed by atoms with Crippen molar-refractivity contribution in [2.75, 3.05) is 32.6 Å². The van der Waals surface area contributed by atoms with Crippen molar-refractivity contribution in [2.45, 2.75) is 46.0 Å². The van der Waals surface area contributed by atoms with Crippen LogP contribution in [-0.4, -0.2) is 33.2 Å². The largest absolute Gasteiger partial charge is 0.493 e. The van der Waals surface area contributed by atoms with Gasteiger partial charge in [0.1, 0.15) is 0 Å². The maximum absolute atomic E-state index is 12.5. The molecule has 0 radical (unpaired) electrons. The Morgan fingerprint density at radius 2 is 1.55 bits per heavy atom. The number of amides is 1. The second kappa shape index (κ2) is 10.9. The van der Waals surface area contributed by atoms with Crippen LogP contribution in [0.4, 0.5) is 5.69 Å². The average molecular weight is 399 g/mol. The van der Waals surface area contributed by atoms with E-state index in [0.717, 1.165) is 17.7 Å². The molecule has 0 spiro atoms. The van der Waals surface area contributed by atoms with Crippen LogP contribution in [0, 0.1) is 0 Å². The summed E-state index contributed by atoms with van der Waals surface area (Å²) in [6.45, 7) is 9.57. The third-order valence-corrected chi connectivity index (χ3v) is 4.96. The normalized spacial score (nSPS) is 11.0. The molecule has 0 heterocycles. The Bertz CT molecular complexity index is 790. The van der Waals surface area contributed by atoms with Crippen molar-refractivity contribution in [1.82, 2.24) is 5.32 Å². The first kappa shape index (κ1) is 22.8. The third-order valence-electron chi connectivity index (χ3n) is 4.96. The second-order valence-corrected chi connectivity index (χ2v) is 7.79. The van der Waals surface area contributed by atoms with Gasteiger partial charge in [0.05, 0.1) is 20.8 Å². The van der Waals surface area contributed by atoms with E-state index in [4.69, 9.17) is 9.47 Å². The van der Waals surface area contributed by atoms with Gasteiger partial charge in [0.15, 0.2) is 11.5 Å². The van der Waals surface area contributed by atoms with Gasteiger partial charge in [0, 0.05) is 5.69 Å². The maximum Gasteiger partial charge on any atom is 0.238 e. The van der Waals surface area contributed by atoms with E-state index in [1.165, 1.54) is 11.1 Å². The predicted molar refractivity (Wildman–Crippen MR) is 119 cm³/mol. The fourth-order valence-electron chi connectivity index (χ4n) is 3.35. The second-order valence-electron chi connectivity index (χ2n) is 7.79. The lowest BCUT2D eigenvalue weighted by molar-refractivity contribution is -0.115. The van der Waals surface area contributed by atoms with Crippen molar-refractivity contribution in [3.63, 3.8) is 0 Å². The van der Waals surface area contributed by atoms with Gasteiger partial charge < -0.3 is 20.1 Å². The van der Waals surface area contributed by atoms with Gasteiger partial charge in [-0.2, -0.15) is 0 Å². The molecule has 2 aromatic carbocycles. The van der Waals surface area contributed by atoms with Gasteiger partial charge in [0.2, 0.25) is 5.91 Å². The Hall–Kier alpha value is -2.53. The minimum Gasteiger partial charge on any atom is -0.493 e. The molecule has 0 aromatic heterocycles. The van der Waals surface area contributed by atoms with E-state index < -0.39 is 0 Å². The molecule has 0 atom stereocenters. The molecule has 0 fully saturated rings. The molecule has 0 aliphatic carbocycles. The number of anilines is 1. The number of carbonyl (C=O) groups excluding carboxylic acids is 1. The van der Waals surface area contributed by atoms with Gasteiger partial charge in [-0.3, -0.25) is 4.79 Å². The first-order valence-corrected chi connectivity index (χ1v) is 10.2. The van der Waals surface area contributed by atoms with Crippen molar-refractivity contribution >= 4 is 11.6 Å². The quantitative estimate of drug-likeness (QED) is 0.569. The SMILES string of the molecule is COc1ccc(CCNCC(=O)Nc2c(C(C)C)cccc2C(C)C)cc1OC. The first-order valence-electron chi connectivity index (χ1n) is 10.2. The van der Waals surface area contributed by atoms with Gasteiger partial charge in [-0.25, -0.2) is 0 Å². The van der Waals surface area contributed by atoms with Crippen LogP contribution in [-0.2, 0) is 11.2 Å². The number of nitrogens with one attached hydrogen (secondary N) is 2. The molecule has 29 heavy (non-hydrogen) atoms. The first-order chi connectivity index (χ1) is 13.9. The molecule has 0 unspecified atom stereocenters. The van der Waals surface area contributed by atoms with Crippen molar-refractivity contribution in [1.29, 1.82) is 0 Å². The Kier molecular flexibility index (Phi) is 8.52. The number of methoxy groups -OCH3 is 2. The number of para-hydroxylation sites is 1. The van der Waals surface area contributed by atoms with E-state index in [1.54, 1.807) is 14.2 Å². The Balaban J connectivity index is 1.93. The highest BCUT2D eigenvalue weighted by Gasteiger charge is 2.15. The summed E-state index contributed by atoms with van der Waals surface area (Å²) in [4.78, 5) is 12.5. The monoisotopic (exact) mass is 398 g/mol. The number of carbonyl (C=O) groups is 1. The maximum atomic E-state index is 12.5. The van der Waals surface area contributed by atoms with Crippen LogP contribution in [0.3, 0.4) is 0 Å². The molecule has 1 amide bonds. The zero-order valence-electron chi connectivity index (χ0n) is 18.5. The lowest BCUT2D eigenvalue weighted by Crippen LogP contribution is -2.30. The molecule has 158 valence electrons. The number of benzene rings is 2. The summed E-state index contributed by atoms with van der Waals surface area (Å²) < 4.78 is 10.6. The third kappa shape index (κ3) is 6.23. The van der Waals surface area contributed by atoms with E-state index in [-0.39, 0.29) is 12.5 Å². The minimum absolute atomic E-state index is 0.0210. The highest BCUT2D eigenvalue weighted by Crippen LogP contribution is 2.32. The topological polar surface area (TPSA) is 59.6 Å². The molecule has 0 saturated heterocycles. The van der Waals surface area contributed by atoms with Crippen molar-refractivity contribution in [3.8, 4) is 11.5 Å². The fraction of sp³-hybridized carbons (Fsp3) is 0.458. The summed E-state index contributed by atoms with van der Waals surface area (Å²) in [5.41, 5.74) is 4.44. The summed E-state index contributed by atoms with van der Waals surface area (Å²) in [5.74, 6) is 2.11. The molecule has 2 rings (SSSR count). The van der Waals surface area contributed by atoms with Gasteiger partial charge in [0.25, 0.3) is 0 Å². The van der Waals surface area contributed by atoms with Gasteiger partial charge in [-0.1, -0.05) is 52.0 Å². The van der Waals surface area contributed by atoms with Gasteiger partial charge >= 0.3 is 0 Å². The molecule has 0 saturated carbocycles. The lowest BCUT2D eigenvalue weighted by atomic mass is 9.92. The zero-order valence-corrected chi connectivity index (χ0v) is 18.5. The van der Waals surface area contributed by atoms with Crippen molar-refractivity contribution in [2.24, 2.45) is 0 Å². The summed E-state index contributed by atoms with van der Waals surface area (Å²) in [5, 5.41) is 6.37. The number of ether oxygens (including phenoxy) is 2. The van der Waals surface area contributed by atoms with Crippen LogP contribution in [0.1, 0.15) is 56.2 Å². The molecule has 0 aliphatic heterocycles. The standard InChI is InChI=1S/C24H34N2O3/c1-16(2)19-8-7-9-20(17(3)4)24(19)26-23(27)15-25-13-12-18-10-11-21(28-5)22(14-18)29-6/h7-11,14,16-17,25H,12-13,15H2,1-6H3,(H,26,27). The number of hydrogen-bond acceptors (Lipinski definition) is 4. The molecule has 0 aliphatic rings. The van der Waals surface area contributed by atoms with Gasteiger partial charge in [-0.15, -0.1) is 0 Å². The van der Waals surface area contributed by atoms with Crippen LogP contribution < -0.4 is 20.1 Å². The van der Waals surface area contributed by atoms with Gasteiger partial charge in [-0.05, 0) is 53.6 Å².